The Hall–Kier alpha value is -2.71. The van der Waals surface area contributed by atoms with Crippen LogP contribution in [0.3, 0.4) is 0 Å². The Morgan fingerprint density at radius 2 is 1.76 bits per heavy atom. The molecule has 0 atom stereocenters. The maximum absolute atomic E-state index is 12.5. The predicted octanol–water partition coefficient (Wildman–Crippen LogP) is 3.24. The summed E-state index contributed by atoms with van der Waals surface area (Å²) in [5.41, 5.74) is 7.17. The number of aromatic nitrogens is 2. The first-order chi connectivity index (χ1) is 15.8. The molecule has 2 amide bonds. The van der Waals surface area contributed by atoms with Crippen molar-refractivity contribution in [3.8, 4) is 0 Å². The summed E-state index contributed by atoms with van der Waals surface area (Å²) in [7, 11) is 4.33. The summed E-state index contributed by atoms with van der Waals surface area (Å²) < 4.78 is 5.43. The maximum atomic E-state index is 12.5. The molecule has 2 fully saturated rings. The number of hydrogen-bond donors (Lipinski definition) is 1. The van der Waals surface area contributed by atoms with E-state index in [4.69, 9.17) is 15.5 Å². The Kier molecular flexibility index (Phi) is 6.86. The highest BCUT2D eigenvalue weighted by molar-refractivity contribution is 5.89. The average molecular weight is 453 g/mol. The molecule has 2 aliphatic rings. The van der Waals surface area contributed by atoms with Gasteiger partial charge in [-0.3, -0.25) is 9.80 Å². The summed E-state index contributed by atoms with van der Waals surface area (Å²) in [6.07, 6.45) is 5.74. The predicted molar refractivity (Wildman–Crippen MR) is 130 cm³/mol. The largest absolute Gasteiger partial charge is 0.378 e. The fraction of sp³-hybridized carbons (Fsp3) is 0.560. The molecule has 0 spiro atoms. The van der Waals surface area contributed by atoms with Crippen LogP contribution in [0.1, 0.15) is 38.2 Å². The number of primary amides is 1. The highest BCUT2D eigenvalue weighted by Gasteiger charge is 2.44. The lowest BCUT2D eigenvalue weighted by molar-refractivity contribution is 0.0459. The number of nitrogens with two attached hydrogens (primary N) is 1. The van der Waals surface area contributed by atoms with Crippen LogP contribution in [0.4, 0.5) is 16.6 Å². The molecule has 2 N–H and O–H groups in total. The Morgan fingerprint density at radius 3 is 2.36 bits per heavy atom. The van der Waals surface area contributed by atoms with Crippen molar-refractivity contribution in [2.75, 3.05) is 56.7 Å². The summed E-state index contributed by atoms with van der Waals surface area (Å²) in [4.78, 5) is 27.7. The molecule has 1 aliphatic carbocycles. The van der Waals surface area contributed by atoms with Crippen LogP contribution in [-0.4, -0.2) is 67.8 Å². The molecule has 2 aromatic rings. The number of rotatable bonds is 6. The van der Waals surface area contributed by atoms with Crippen LogP contribution >= 0.6 is 0 Å². The van der Waals surface area contributed by atoms with Crippen molar-refractivity contribution in [3.05, 3.63) is 48.2 Å². The van der Waals surface area contributed by atoms with E-state index in [0.717, 1.165) is 38.8 Å². The van der Waals surface area contributed by atoms with E-state index >= 15 is 0 Å². The van der Waals surface area contributed by atoms with Crippen LogP contribution in [0.2, 0.25) is 0 Å². The molecule has 0 unspecified atom stereocenters. The number of amides is 2. The minimum absolute atomic E-state index is 0.0107. The molecule has 8 heteroatoms. The molecular weight excluding hydrogens is 416 g/mol. The number of hydrogen-bond acceptors (Lipinski definition) is 6. The number of ether oxygens (including phenoxy) is 1. The van der Waals surface area contributed by atoms with Crippen LogP contribution in [-0.2, 0) is 10.3 Å². The fourth-order valence-electron chi connectivity index (χ4n) is 5.23. The lowest BCUT2D eigenvalue weighted by Gasteiger charge is -2.49. The molecule has 1 aromatic carbocycles. The average Bonchev–Trinajstić information content (AvgIpc) is 2.84. The third-order valence-corrected chi connectivity index (χ3v) is 7.46. The number of anilines is 2. The molecule has 4 rings (SSSR count). The van der Waals surface area contributed by atoms with Gasteiger partial charge >= 0.3 is 6.03 Å². The molecule has 1 saturated heterocycles. The van der Waals surface area contributed by atoms with Crippen molar-refractivity contribution < 1.29 is 9.53 Å². The first kappa shape index (κ1) is 23.4. The Bertz CT molecular complexity index is 937. The zero-order valence-electron chi connectivity index (χ0n) is 20.0. The number of urea groups is 1. The van der Waals surface area contributed by atoms with Gasteiger partial charge in [0.2, 0.25) is 5.95 Å². The van der Waals surface area contributed by atoms with Crippen LogP contribution in [0, 0.1) is 5.41 Å². The second-order valence-electron chi connectivity index (χ2n) is 9.84. The molecule has 33 heavy (non-hydrogen) atoms. The summed E-state index contributed by atoms with van der Waals surface area (Å²) in [6.45, 7) is 5.59. The zero-order valence-corrected chi connectivity index (χ0v) is 20.0. The van der Waals surface area contributed by atoms with Crippen molar-refractivity contribution in [1.29, 1.82) is 0 Å². The van der Waals surface area contributed by atoms with Crippen molar-refractivity contribution in [2.45, 2.75) is 38.1 Å². The molecule has 1 aliphatic heterocycles. The van der Waals surface area contributed by atoms with E-state index in [-0.39, 0.29) is 11.0 Å². The van der Waals surface area contributed by atoms with Gasteiger partial charge in [0.1, 0.15) is 5.82 Å². The van der Waals surface area contributed by atoms with Gasteiger partial charge in [-0.15, -0.1) is 0 Å². The van der Waals surface area contributed by atoms with Gasteiger partial charge in [-0.05, 0) is 56.8 Å². The van der Waals surface area contributed by atoms with Crippen LogP contribution < -0.4 is 15.5 Å². The Morgan fingerprint density at radius 1 is 1.09 bits per heavy atom. The summed E-state index contributed by atoms with van der Waals surface area (Å²) in [6, 6.07) is 12.1. The number of benzene rings is 1. The number of carbonyl (C=O) groups is 1. The second-order valence-corrected chi connectivity index (χ2v) is 9.84. The minimum atomic E-state index is -0.477. The van der Waals surface area contributed by atoms with Gasteiger partial charge in [0.25, 0.3) is 0 Å². The van der Waals surface area contributed by atoms with Gasteiger partial charge in [-0.1, -0.05) is 37.3 Å². The summed E-state index contributed by atoms with van der Waals surface area (Å²) in [5, 5.41) is 0. The van der Waals surface area contributed by atoms with E-state index < -0.39 is 6.03 Å². The van der Waals surface area contributed by atoms with E-state index in [1.807, 2.05) is 0 Å². The standard InChI is InChI=1S/C25H36N6O2/c1-24(10-12-25(13-11-24,29(2)3)20-7-5-4-6-8-20)19-31(22(26)32)21-9-14-27-23(28-21)30-15-17-33-18-16-30/h4-9,14H,10-13,15-19H2,1-3H3,(H2,26,32). The second kappa shape index (κ2) is 9.65. The van der Waals surface area contributed by atoms with E-state index in [9.17, 15) is 4.79 Å². The van der Waals surface area contributed by atoms with Crippen molar-refractivity contribution in [1.82, 2.24) is 14.9 Å². The van der Waals surface area contributed by atoms with E-state index in [1.165, 1.54) is 5.56 Å². The van der Waals surface area contributed by atoms with E-state index in [2.05, 4.69) is 66.1 Å². The Balaban J connectivity index is 1.51. The van der Waals surface area contributed by atoms with Crippen LogP contribution in [0.5, 0.6) is 0 Å². The molecule has 2 heterocycles. The normalized spacial score (nSPS) is 25.8. The third-order valence-electron chi connectivity index (χ3n) is 7.46. The van der Waals surface area contributed by atoms with Gasteiger partial charge in [0.15, 0.2) is 0 Å². The van der Waals surface area contributed by atoms with Crippen molar-refractivity contribution in [2.24, 2.45) is 11.1 Å². The first-order valence-electron chi connectivity index (χ1n) is 11.8. The highest BCUT2D eigenvalue weighted by Crippen LogP contribution is 2.48. The molecule has 178 valence electrons. The fourth-order valence-corrected chi connectivity index (χ4v) is 5.23. The first-order valence-corrected chi connectivity index (χ1v) is 11.8. The SMILES string of the molecule is CN(C)C1(c2ccccc2)CCC(C)(CN(C(N)=O)c2ccnc(N3CCOCC3)n2)CC1. The number of carbonyl (C=O) groups excluding carboxylic acids is 1. The third kappa shape index (κ3) is 4.96. The quantitative estimate of drug-likeness (QED) is 0.724. The molecule has 0 bridgehead atoms. The molecule has 1 saturated carbocycles. The molecule has 1 aromatic heterocycles. The highest BCUT2D eigenvalue weighted by atomic mass is 16.5. The molecular formula is C25H36N6O2. The minimum Gasteiger partial charge on any atom is -0.378 e. The Labute approximate surface area is 196 Å². The lowest BCUT2D eigenvalue weighted by Crippen LogP contribution is -2.50. The van der Waals surface area contributed by atoms with Gasteiger partial charge in [0.05, 0.1) is 13.2 Å². The van der Waals surface area contributed by atoms with Gasteiger partial charge < -0.3 is 15.4 Å². The van der Waals surface area contributed by atoms with Crippen molar-refractivity contribution >= 4 is 17.8 Å². The molecule has 0 radical (unpaired) electrons. The van der Waals surface area contributed by atoms with E-state index in [0.29, 0.717) is 31.5 Å². The summed E-state index contributed by atoms with van der Waals surface area (Å²) in [5.74, 6) is 1.18. The van der Waals surface area contributed by atoms with Crippen LogP contribution in [0.25, 0.3) is 0 Å². The number of nitrogens with zero attached hydrogens (tertiary/aromatic N) is 5. The van der Waals surface area contributed by atoms with Gasteiger partial charge in [0, 0.05) is 31.4 Å². The monoisotopic (exact) mass is 452 g/mol. The summed E-state index contributed by atoms with van der Waals surface area (Å²) >= 11 is 0. The topological polar surface area (TPSA) is 87.8 Å². The maximum Gasteiger partial charge on any atom is 0.320 e. The van der Waals surface area contributed by atoms with Gasteiger partial charge in [-0.25, -0.2) is 9.78 Å². The van der Waals surface area contributed by atoms with Crippen molar-refractivity contribution in [3.63, 3.8) is 0 Å². The number of morpholine rings is 1. The van der Waals surface area contributed by atoms with Gasteiger partial charge in [-0.2, -0.15) is 4.98 Å². The molecule has 8 nitrogen and oxygen atoms in total. The van der Waals surface area contributed by atoms with E-state index in [1.54, 1.807) is 17.2 Å². The lowest BCUT2D eigenvalue weighted by atomic mass is 9.65. The smallest absolute Gasteiger partial charge is 0.320 e. The van der Waals surface area contributed by atoms with Crippen LogP contribution in [0.15, 0.2) is 42.6 Å². The zero-order chi connectivity index (χ0) is 23.5.